The van der Waals surface area contributed by atoms with Gasteiger partial charge in [-0.15, -0.1) is 0 Å². The Kier molecular flexibility index (Phi) is 7.22. The Morgan fingerprint density at radius 2 is 1.82 bits per heavy atom. The lowest BCUT2D eigenvalue weighted by Crippen LogP contribution is -2.23. The van der Waals surface area contributed by atoms with E-state index in [1.165, 1.54) is 25.4 Å². The standard InChI is InChI=1S/C28H21F4N5O2/c1-39-20-14-22(32)35-27-24(19-4-2-3-10-33-19)25(37-26(20)27)16-9-11-34-23(12-16)36-28(38)18(13-21(30)31)15-5-7-17(29)8-6-15/h2-12,14,18,21,37H,13H2,1H3,(H,34,36,38)/t18-/m1/s1. The largest absolute Gasteiger partial charge is 0.494 e. The molecule has 0 radical (unpaired) electrons. The molecule has 5 rings (SSSR count). The average Bonchev–Trinajstić information content (AvgIpc) is 3.31. The number of H-pyrrole nitrogens is 1. The molecule has 7 nitrogen and oxygen atoms in total. The zero-order chi connectivity index (χ0) is 27.5. The SMILES string of the molecule is COc1cc(F)nc2c(-c3ccccn3)c(-c3ccnc(NC(=O)[C@H](CC(F)F)c4ccc(F)cc4)c3)[nH]c12. The smallest absolute Gasteiger partial charge is 0.239 e. The number of methoxy groups -OCH3 is 1. The average molecular weight is 536 g/mol. The zero-order valence-electron chi connectivity index (χ0n) is 20.5. The number of rotatable bonds is 8. The highest BCUT2D eigenvalue weighted by Crippen LogP contribution is 2.40. The topological polar surface area (TPSA) is 92.8 Å². The lowest BCUT2D eigenvalue weighted by Gasteiger charge is -2.17. The summed E-state index contributed by atoms with van der Waals surface area (Å²) in [5, 5.41) is 2.59. The van der Waals surface area contributed by atoms with Gasteiger partial charge in [-0.05, 0) is 42.0 Å². The highest BCUT2D eigenvalue weighted by atomic mass is 19.3. The second-order valence-electron chi connectivity index (χ2n) is 8.61. The molecule has 5 aromatic rings. The number of fused-ring (bicyclic) bond motifs is 1. The van der Waals surface area contributed by atoms with Crippen LogP contribution in [0.3, 0.4) is 0 Å². The Balaban J connectivity index is 1.56. The van der Waals surface area contributed by atoms with Crippen molar-refractivity contribution >= 4 is 22.8 Å². The van der Waals surface area contributed by atoms with Crippen LogP contribution in [-0.4, -0.2) is 39.4 Å². The molecule has 0 saturated heterocycles. The summed E-state index contributed by atoms with van der Waals surface area (Å²) >= 11 is 0. The quantitative estimate of drug-likeness (QED) is 0.178. The summed E-state index contributed by atoms with van der Waals surface area (Å²) < 4.78 is 59.7. The molecule has 0 fully saturated rings. The highest BCUT2D eigenvalue weighted by Gasteiger charge is 2.26. The second kappa shape index (κ2) is 10.9. The number of benzene rings is 1. The second-order valence-corrected chi connectivity index (χ2v) is 8.61. The molecule has 1 aromatic carbocycles. The van der Waals surface area contributed by atoms with Gasteiger partial charge >= 0.3 is 0 Å². The number of carbonyl (C=O) groups is 1. The Morgan fingerprint density at radius 1 is 1.03 bits per heavy atom. The van der Waals surface area contributed by atoms with Crippen molar-refractivity contribution < 1.29 is 27.1 Å². The molecule has 4 heterocycles. The van der Waals surface area contributed by atoms with E-state index < -0.39 is 36.4 Å². The third kappa shape index (κ3) is 5.42. The monoisotopic (exact) mass is 535 g/mol. The highest BCUT2D eigenvalue weighted by molar-refractivity contribution is 6.03. The molecular weight excluding hydrogens is 514 g/mol. The fourth-order valence-corrected chi connectivity index (χ4v) is 4.37. The number of hydrogen-bond donors (Lipinski definition) is 2. The van der Waals surface area contributed by atoms with E-state index in [2.05, 4.69) is 25.3 Å². The van der Waals surface area contributed by atoms with E-state index in [0.29, 0.717) is 28.0 Å². The number of amides is 1. The first-order valence-electron chi connectivity index (χ1n) is 11.8. The fourth-order valence-electron chi connectivity index (χ4n) is 4.37. The van der Waals surface area contributed by atoms with Crippen LogP contribution < -0.4 is 10.1 Å². The van der Waals surface area contributed by atoms with Gasteiger partial charge in [0.2, 0.25) is 18.3 Å². The van der Waals surface area contributed by atoms with E-state index >= 15 is 0 Å². The van der Waals surface area contributed by atoms with Gasteiger partial charge < -0.3 is 15.0 Å². The van der Waals surface area contributed by atoms with Crippen LogP contribution in [0, 0.1) is 11.8 Å². The maximum atomic E-state index is 14.4. The Labute approximate surface area is 219 Å². The van der Waals surface area contributed by atoms with E-state index in [1.807, 2.05) is 0 Å². The van der Waals surface area contributed by atoms with Crippen LogP contribution >= 0.6 is 0 Å². The van der Waals surface area contributed by atoms with Crippen molar-refractivity contribution in [2.75, 3.05) is 12.4 Å². The molecule has 1 atom stereocenters. The van der Waals surface area contributed by atoms with Crippen LogP contribution in [0.15, 0.2) is 73.1 Å². The normalized spacial score (nSPS) is 12.1. The van der Waals surface area contributed by atoms with Gasteiger partial charge in [-0.3, -0.25) is 9.78 Å². The number of nitrogens with zero attached hydrogens (tertiary/aromatic N) is 3. The Hall–Kier alpha value is -4.80. The Bertz CT molecular complexity index is 1630. The van der Waals surface area contributed by atoms with E-state index in [4.69, 9.17) is 4.74 Å². The third-order valence-electron chi connectivity index (χ3n) is 6.13. The lowest BCUT2D eigenvalue weighted by atomic mass is 9.95. The van der Waals surface area contributed by atoms with Crippen LogP contribution in [0.2, 0.25) is 0 Å². The number of pyridine rings is 3. The molecule has 2 N–H and O–H groups in total. The predicted molar refractivity (Wildman–Crippen MR) is 137 cm³/mol. The van der Waals surface area contributed by atoms with Gasteiger partial charge in [-0.2, -0.15) is 4.39 Å². The van der Waals surface area contributed by atoms with Crippen molar-refractivity contribution in [3.05, 3.63) is 90.4 Å². The van der Waals surface area contributed by atoms with Gasteiger partial charge in [0.05, 0.1) is 30.0 Å². The van der Waals surface area contributed by atoms with Crippen LogP contribution in [0.4, 0.5) is 23.4 Å². The molecular formula is C28H21F4N5O2. The van der Waals surface area contributed by atoms with E-state index in [0.717, 1.165) is 18.2 Å². The molecule has 0 saturated carbocycles. The van der Waals surface area contributed by atoms with Crippen LogP contribution in [-0.2, 0) is 4.79 Å². The van der Waals surface area contributed by atoms with E-state index in [-0.39, 0.29) is 22.6 Å². The summed E-state index contributed by atoms with van der Waals surface area (Å²) in [6, 6.07) is 14.4. The number of aromatic nitrogens is 4. The number of nitrogens with one attached hydrogen (secondary N) is 2. The van der Waals surface area contributed by atoms with Crippen molar-refractivity contribution in [2.24, 2.45) is 0 Å². The molecule has 0 aliphatic rings. The summed E-state index contributed by atoms with van der Waals surface area (Å²) in [7, 11) is 1.41. The molecule has 0 aliphatic heterocycles. The predicted octanol–water partition coefficient (Wildman–Crippen LogP) is 6.35. The lowest BCUT2D eigenvalue weighted by molar-refractivity contribution is -0.118. The maximum Gasteiger partial charge on any atom is 0.239 e. The first kappa shape index (κ1) is 25.8. The summed E-state index contributed by atoms with van der Waals surface area (Å²) in [5.74, 6) is -2.91. The number of hydrogen-bond acceptors (Lipinski definition) is 5. The van der Waals surface area contributed by atoms with E-state index in [9.17, 15) is 22.4 Å². The number of anilines is 1. The van der Waals surface area contributed by atoms with Crippen molar-refractivity contribution in [2.45, 2.75) is 18.8 Å². The molecule has 39 heavy (non-hydrogen) atoms. The minimum Gasteiger partial charge on any atom is -0.494 e. The minimum absolute atomic E-state index is 0.0932. The molecule has 0 spiro atoms. The molecule has 0 unspecified atom stereocenters. The van der Waals surface area contributed by atoms with Gasteiger partial charge in [0.1, 0.15) is 28.4 Å². The van der Waals surface area contributed by atoms with Crippen LogP contribution in [0.25, 0.3) is 33.5 Å². The number of ether oxygens (including phenoxy) is 1. The summed E-state index contributed by atoms with van der Waals surface area (Å²) in [6.45, 7) is 0. The van der Waals surface area contributed by atoms with Crippen LogP contribution in [0.1, 0.15) is 17.9 Å². The van der Waals surface area contributed by atoms with Crippen molar-refractivity contribution in [3.63, 3.8) is 0 Å². The number of aromatic amines is 1. The van der Waals surface area contributed by atoms with Gasteiger partial charge in [0, 0.05) is 30.4 Å². The van der Waals surface area contributed by atoms with Gasteiger partial charge in [-0.25, -0.2) is 23.1 Å². The number of halogens is 4. The van der Waals surface area contributed by atoms with Gasteiger partial charge in [0.15, 0.2) is 0 Å². The van der Waals surface area contributed by atoms with E-state index in [1.54, 1.807) is 36.5 Å². The zero-order valence-corrected chi connectivity index (χ0v) is 20.5. The number of alkyl halides is 2. The van der Waals surface area contributed by atoms with Crippen LogP contribution in [0.5, 0.6) is 5.75 Å². The minimum atomic E-state index is -2.76. The first-order chi connectivity index (χ1) is 18.8. The summed E-state index contributed by atoms with van der Waals surface area (Å²) in [5.41, 5.74) is 3.01. The fraction of sp³-hybridized carbons (Fsp3) is 0.143. The molecule has 0 bridgehead atoms. The summed E-state index contributed by atoms with van der Waals surface area (Å²) in [4.78, 5) is 28.9. The third-order valence-corrected chi connectivity index (χ3v) is 6.13. The number of carbonyl (C=O) groups excluding carboxylic acids is 1. The molecule has 11 heteroatoms. The Morgan fingerprint density at radius 3 is 2.51 bits per heavy atom. The van der Waals surface area contributed by atoms with Gasteiger partial charge in [-0.1, -0.05) is 18.2 Å². The molecule has 4 aromatic heterocycles. The van der Waals surface area contributed by atoms with Crippen molar-refractivity contribution in [1.29, 1.82) is 0 Å². The molecule has 0 aliphatic carbocycles. The summed E-state index contributed by atoms with van der Waals surface area (Å²) in [6.07, 6.45) is -0.491. The van der Waals surface area contributed by atoms with Crippen molar-refractivity contribution in [3.8, 4) is 28.3 Å². The molecule has 198 valence electrons. The first-order valence-corrected chi connectivity index (χ1v) is 11.8. The molecule has 1 amide bonds. The maximum absolute atomic E-state index is 14.4. The van der Waals surface area contributed by atoms with Crippen molar-refractivity contribution in [1.82, 2.24) is 19.9 Å². The van der Waals surface area contributed by atoms with Gasteiger partial charge in [0.25, 0.3) is 0 Å².